The molecule has 0 saturated heterocycles. The van der Waals surface area contributed by atoms with Crippen LogP contribution in [-0.4, -0.2) is 37.8 Å². The van der Waals surface area contributed by atoms with Crippen molar-refractivity contribution in [3.63, 3.8) is 0 Å². The van der Waals surface area contributed by atoms with Gasteiger partial charge >= 0.3 is 6.03 Å². The van der Waals surface area contributed by atoms with E-state index < -0.39 is 10.0 Å². The molecule has 2 aromatic carbocycles. The van der Waals surface area contributed by atoms with Gasteiger partial charge in [-0.2, -0.15) is 4.31 Å². The highest BCUT2D eigenvalue weighted by Crippen LogP contribution is 2.30. The largest absolute Gasteiger partial charge is 0.334 e. The Hall–Kier alpha value is -2.91. The van der Waals surface area contributed by atoms with Crippen LogP contribution in [0.25, 0.3) is 0 Å². The standard InChI is InChI=1S/C23H30N4O4S/c1-3-27(4-2)32(30,31)21-12-8-17(9-13-21)15-24-23(29)25-16-18-6-5-7-20(14-18)26-22(28)19-10-11-19/h5-9,12-14,19H,3-4,10-11,15-16H2,1-2H3,(H,26,28)(H2,24,25,29). The number of hydrogen-bond donors (Lipinski definition) is 3. The molecule has 0 aliphatic heterocycles. The highest BCUT2D eigenvalue weighted by molar-refractivity contribution is 7.89. The number of nitrogens with one attached hydrogen (secondary N) is 3. The molecule has 9 heteroatoms. The molecule has 0 spiro atoms. The Balaban J connectivity index is 1.47. The molecule has 0 heterocycles. The van der Waals surface area contributed by atoms with E-state index >= 15 is 0 Å². The smallest absolute Gasteiger partial charge is 0.315 e. The third-order valence-electron chi connectivity index (χ3n) is 5.32. The van der Waals surface area contributed by atoms with Crippen LogP contribution < -0.4 is 16.0 Å². The van der Waals surface area contributed by atoms with Crippen molar-refractivity contribution in [3.8, 4) is 0 Å². The number of benzene rings is 2. The summed E-state index contributed by atoms with van der Waals surface area (Å²) in [6.45, 7) is 5.03. The van der Waals surface area contributed by atoms with Crippen LogP contribution in [0.2, 0.25) is 0 Å². The Morgan fingerprint density at radius 1 is 0.938 bits per heavy atom. The van der Waals surface area contributed by atoms with Crippen LogP contribution >= 0.6 is 0 Å². The normalized spacial score (nSPS) is 13.6. The number of rotatable bonds is 10. The molecule has 1 saturated carbocycles. The Morgan fingerprint density at radius 2 is 1.56 bits per heavy atom. The molecule has 2 aromatic rings. The first-order valence-electron chi connectivity index (χ1n) is 10.8. The molecule has 1 aliphatic carbocycles. The Kier molecular flexibility index (Phi) is 7.87. The van der Waals surface area contributed by atoms with Crippen LogP contribution in [0.4, 0.5) is 10.5 Å². The first kappa shape index (κ1) is 23.7. The summed E-state index contributed by atoms with van der Waals surface area (Å²) >= 11 is 0. The van der Waals surface area contributed by atoms with Crippen molar-refractivity contribution < 1.29 is 18.0 Å². The lowest BCUT2D eigenvalue weighted by molar-refractivity contribution is -0.117. The first-order chi connectivity index (χ1) is 15.3. The topological polar surface area (TPSA) is 108 Å². The van der Waals surface area contributed by atoms with Gasteiger partial charge < -0.3 is 16.0 Å². The van der Waals surface area contributed by atoms with E-state index in [2.05, 4.69) is 16.0 Å². The third kappa shape index (κ3) is 6.30. The molecular formula is C23H30N4O4S. The predicted molar refractivity (Wildman–Crippen MR) is 123 cm³/mol. The Labute approximate surface area is 189 Å². The van der Waals surface area contributed by atoms with Crippen LogP contribution in [0, 0.1) is 5.92 Å². The van der Waals surface area contributed by atoms with E-state index in [4.69, 9.17) is 0 Å². The van der Waals surface area contributed by atoms with Gasteiger partial charge in [0.05, 0.1) is 4.90 Å². The molecule has 32 heavy (non-hydrogen) atoms. The minimum absolute atomic E-state index is 0.0452. The quantitative estimate of drug-likeness (QED) is 0.508. The van der Waals surface area contributed by atoms with Gasteiger partial charge in [-0.05, 0) is 48.2 Å². The van der Waals surface area contributed by atoms with Crippen molar-refractivity contribution >= 4 is 27.6 Å². The summed E-state index contributed by atoms with van der Waals surface area (Å²) in [6.07, 6.45) is 1.89. The Morgan fingerprint density at radius 3 is 2.16 bits per heavy atom. The lowest BCUT2D eigenvalue weighted by Gasteiger charge is -2.18. The molecule has 3 rings (SSSR count). The number of carbonyl (C=O) groups is 2. The summed E-state index contributed by atoms with van der Waals surface area (Å²) in [5.74, 6) is 0.178. The number of carbonyl (C=O) groups excluding carboxylic acids is 2. The maximum Gasteiger partial charge on any atom is 0.315 e. The fourth-order valence-electron chi connectivity index (χ4n) is 3.27. The third-order valence-corrected chi connectivity index (χ3v) is 7.38. The van der Waals surface area contributed by atoms with Crippen LogP contribution in [0.3, 0.4) is 0 Å². The summed E-state index contributed by atoms with van der Waals surface area (Å²) in [6, 6.07) is 13.6. The van der Waals surface area contributed by atoms with Crippen molar-refractivity contribution in [1.82, 2.24) is 14.9 Å². The van der Waals surface area contributed by atoms with E-state index in [1.54, 1.807) is 38.1 Å². The predicted octanol–water partition coefficient (Wildman–Crippen LogP) is 3.07. The maximum absolute atomic E-state index is 12.5. The molecule has 0 aromatic heterocycles. The van der Waals surface area contributed by atoms with Crippen molar-refractivity contribution in [2.45, 2.75) is 44.7 Å². The second-order valence-corrected chi connectivity index (χ2v) is 9.67. The van der Waals surface area contributed by atoms with Crippen molar-refractivity contribution in [3.05, 3.63) is 59.7 Å². The molecule has 1 fully saturated rings. The monoisotopic (exact) mass is 458 g/mol. The van der Waals surface area contributed by atoms with E-state index in [1.807, 2.05) is 24.3 Å². The number of amides is 3. The average molecular weight is 459 g/mol. The minimum atomic E-state index is -3.49. The zero-order valence-corrected chi connectivity index (χ0v) is 19.2. The molecule has 3 amide bonds. The van der Waals surface area contributed by atoms with E-state index in [0.29, 0.717) is 19.6 Å². The molecule has 0 atom stereocenters. The van der Waals surface area contributed by atoms with Gasteiger partial charge in [0.1, 0.15) is 0 Å². The summed E-state index contributed by atoms with van der Waals surface area (Å²) in [4.78, 5) is 24.3. The minimum Gasteiger partial charge on any atom is -0.334 e. The number of nitrogens with zero attached hydrogens (tertiary/aromatic N) is 1. The van der Waals surface area contributed by atoms with Gasteiger partial charge in [-0.15, -0.1) is 0 Å². The van der Waals surface area contributed by atoms with E-state index in [-0.39, 0.29) is 29.3 Å². The second-order valence-electron chi connectivity index (χ2n) is 7.73. The van der Waals surface area contributed by atoms with Gasteiger partial charge in [-0.25, -0.2) is 13.2 Å². The highest BCUT2D eigenvalue weighted by atomic mass is 32.2. The van der Waals surface area contributed by atoms with Crippen LogP contribution in [-0.2, 0) is 27.9 Å². The summed E-state index contributed by atoms with van der Waals surface area (Å²) in [5.41, 5.74) is 2.39. The SMILES string of the molecule is CCN(CC)S(=O)(=O)c1ccc(CNC(=O)NCc2cccc(NC(=O)C3CC3)c2)cc1. The van der Waals surface area contributed by atoms with Gasteiger partial charge in [0, 0.05) is 37.8 Å². The Bertz CT molecular complexity index is 1050. The maximum atomic E-state index is 12.5. The number of anilines is 1. The van der Waals surface area contributed by atoms with Crippen LogP contribution in [0.1, 0.15) is 37.8 Å². The zero-order valence-electron chi connectivity index (χ0n) is 18.4. The van der Waals surface area contributed by atoms with Gasteiger partial charge in [0.2, 0.25) is 15.9 Å². The second kappa shape index (κ2) is 10.6. The molecular weight excluding hydrogens is 428 g/mol. The van der Waals surface area contributed by atoms with Crippen molar-refractivity contribution in [2.75, 3.05) is 18.4 Å². The number of hydrogen-bond acceptors (Lipinski definition) is 4. The molecule has 8 nitrogen and oxygen atoms in total. The average Bonchev–Trinajstić information content (AvgIpc) is 3.63. The van der Waals surface area contributed by atoms with Gasteiger partial charge in [0.25, 0.3) is 0 Å². The van der Waals surface area contributed by atoms with Gasteiger partial charge in [-0.1, -0.05) is 38.1 Å². The van der Waals surface area contributed by atoms with Gasteiger partial charge in [-0.3, -0.25) is 4.79 Å². The fourth-order valence-corrected chi connectivity index (χ4v) is 4.73. The summed E-state index contributed by atoms with van der Waals surface area (Å²) in [7, 11) is -3.49. The van der Waals surface area contributed by atoms with E-state index in [0.717, 1.165) is 29.7 Å². The molecule has 3 N–H and O–H groups in total. The highest BCUT2D eigenvalue weighted by Gasteiger charge is 2.29. The number of sulfonamides is 1. The lowest BCUT2D eigenvalue weighted by Crippen LogP contribution is -2.34. The molecule has 172 valence electrons. The van der Waals surface area contributed by atoms with Crippen LogP contribution in [0.5, 0.6) is 0 Å². The van der Waals surface area contributed by atoms with Crippen molar-refractivity contribution in [2.24, 2.45) is 5.92 Å². The molecule has 0 unspecified atom stereocenters. The summed E-state index contributed by atoms with van der Waals surface area (Å²) in [5, 5.41) is 8.44. The molecule has 0 bridgehead atoms. The van der Waals surface area contributed by atoms with Crippen LogP contribution in [0.15, 0.2) is 53.4 Å². The lowest BCUT2D eigenvalue weighted by atomic mass is 10.2. The van der Waals surface area contributed by atoms with Gasteiger partial charge in [0.15, 0.2) is 0 Å². The first-order valence-corrected chi connectivity index (χ1v) is 12.3. The molecule has 0 radical (unpaired) electrons. The fraction of sp³-hybridized carbons (Fsp3) is 0.391. The van der Waals surface area contributed by atoms with E-state index in [1.165, 1.54) is 4.31 Å². The van der Waals surface area contributed by atoms with Crippen molar-refractivity contribution in [1.29, 1.82) is 0 Å². The number of urea groups is 1. The summed E-state index contributed by atoms with van der Waals surface area (Å²) < 4.78 is 26.5. The van der Waals surface area contributed by atoms with E-state index in [9.17, 15) is 18.0 Å². The molecule has 1 aliphatic rings. The zero-order chi connectivity index (χ0) is 23.1.